The maximum Gasteiger partial charge on any atom is 0.307 e. The molecule has 134 valence electrons. The average molecular weight is 346 g/mol. The summed E-state index contributed by atoms with van der Waals surface area (Å²) in [4.78, 5) is 37.8. The molecule has 2 fully saturated rings. The van der Waals surface area contributed by atoms with Gasteiger partial charge in [-0.1, -0.05) is 30.3 Å². The molecule has 0 aromatic heterocycles. The molecule has 3 atom stereocenters. The number of carboxylic acids is 1. The highest BCUT2D eigenvalue weighted by molar-refractivity contribution is 5.93. The van der Waals surface area contributed by atoms with Crippen LogP contribution in [0.15, 0.2) is 30.3 Å². The number of morpholine rings is 1. The first-order chi connectivity index (χ1) is 12.1. The van der Waals surface area contributed by atoms with E-state index >= 15 is 0 Å². The smallest absolute Gasteiger partial charge is 0.307 e. The van der Waals surface area contributed by atoms with Crippen LogP contribution in [0.4, 0.5) is 0 Å². The number of ether oxygens (including phenoxy) is 1. The van der Waals surface area contributed by atoms with Gasteiger partial charge in [0.15, 0.2) is 0 Å². The van der Waals surface area contributed by atoms with Gasteiger partial charge in [-0.2, -0.15) is 0 Å². The van der Waals surface area contributed by atoms with Crippen LogP contribution in [0.1, 0.15) is 12.0 Å². The molecule has 7 heteroatoms. The quantitative estimate of drug-likeness (QED) is 0.772. The third-order valence-corrected chi connectivity index (χ3v) is 4.66. The van der Waals surface area contributed by atoms with Crippen LogP contribution in [-0.2, 0) is 25.5 Å². The normalized spacial score (nSPS) is 23.6. The summed E-state index contributed by atoms with van der Waals surface area (Å²) in [6, 6.07) is 8.78. The van der Waals surface area contributed by atoms with Gasteiger partial charge in [-0.25, -0.2) is 0 Å². The minimum atomic E-state index is -0.959. The SMILES string of the molecule is O=C(O)[C@@H]1C[C@H]1C(=O)NC(Cc1ccccc1)C(=O)N1CCOCC1. The van der Waals surface area contributed by atoms with Crippen LogP contribution in [0.25, 0.3) is 0 Å². The zero-order valence-corrected chi connectivity index (χ0v) is 13.9. The van der Waals surface area contributed by atoms with Crippen molar-refractivity contribution < 1.29 is 24.2 Å². The summed E-state index contributed by atoms with van der Waals surface area (Å²) in [5.41, 5.74) is 0.944. The Balaban J connectivity index is 1.68. The maximum absolute atomic E-state index is 12.8. The lowest BCUT2D eigenvalue weighted by Crippen LogP contribution is -2.53. The minimum absolute atomic E-state index is 0.145. The number of nitrogens with zero attached hydrogens (tertiary/aromatic N) is 1. The molecule has 1 unspecified atom stereocenters. The first kappa shape index (κ1) is 17.4. The zero-order chi connectivity index (χ0) is 17.8. The molecule has 0 radical (unpaired) electrons. The Morgan fingerprint density at radius 3 is 2.44 bits per heavy atom. The first-order valence-electron chi connectivity index (χ1n) is 8.50. The van der Waals surface area contributed by atoms with E-state index in [1.54, 1.807) is 4.90 Å². The van der Waals surface area contributed by atoms with Gasteiger partial charge in [0.2, 0.25) is 11.8 Å². The molecule has 0 bridgehead atoms. The third kappa shape index (κ3) is 4.36. The van der Waals surface area contributed by atoms with Crippen LogP contribution >= 0.6 is 0 Å². The van der Waals surface area contributed by atoms with Crippen LogP contribution in [0.2, 0.25) is 0 Å². The second-order valence-electron chi connectivity index (χ2n) is 6.48. The fourth-order valence-electron chi connectivity index (χ4n) is 3.09. The van der Waals surface area contributed by atoms with Crippen molar-refractivity contribution in [3.63, 3.8) is 0 Å². The van der Waals surface area contributed by atoms with E-state index in [0.717, 1.165) is 5.56 Å². The highest BCUT2D eigenvalue weighted by Gasteiger charge is 2.49. The molecule has 25 heavy (non-hydrogen) atoms. The molecule has 1 saturated carbocycles. The van der Waals surface area contributed by atoms with E-state index in [1.807, 2.05) is 30.3 Å². The van der Waals surface area contributed by atoms with E-state index in [4.69, 9.17) is 9.84 Å². The molecular weight excluding hydrogens is 324 g/mol. The van der Waals surface area contributed by atoms with Gasteiger partial charge >= 0.3 is 5.97 Å². The summed E-state index contributed by atoms with van der Waals surface area (Å²) < 4.78 is 5.27. The number of aliphatic carboxylic acids is 1. The lowest BCUT2D eigenvalue weighted by atomic mass is 10.0. The van der Waals surface area contributed by atoms with Crippen molar-refractivity contribution in [1.82, 2.24) is 10.2 Å². The van der Waals surface area contributed by atoms with Gasteiger partial charge in [-0.3, -0.25) is 14.4 Å². The Kier molecular flexibility index (Phi) is 5.33. The minimum Gasteiger partial charge on any atom is -0.481 e. The summed E-state index contributed by atoms with van der Waals surface area (Å²) in [5.74, 6) is -2.62. The lowest BCUT2D eigenvalue weighted by molar-refractivity contribution is -0.141. The average Bonchev–Trinajstić information content (AvgIpc) is 3.43. The van der Waals surface area contributed by atoms with Crippen molar-refractivity contribution in [1.29, 1.82) is 0 Å². The Labute approximate surface area is 146 Å². The molecule has 1 heterocycles. The van der Waals surface area contributed by atoms with E-state index in [2.05, 4.69) is 5.32 Å². The molecule has 2 aliphatic rings. The fourth-order valence-corrected chi connectivity index (χ4v) is 3.09. The van der Waals surface area contributed by atoms with Crippen LogP contribution in [0.5, 0.6) is 0 Å². The molecular formula is C18H22N2O5. The molecule has 7 nitrogen and oxygen atoms in total. The van der Waals surface area contributed by atoms with E-state index < -0.39 is 23.8 Å². The van der Waals surface area contributed by atoms with Gasteiger partial charge in [0.25, 0.3) is 0 Å². The Morgan fingerprint density at radius 2 is 1.84 bits per heavy atom. The van der Waals surface area contributed by atoms with Crippen molar-refractivity contribution in [2.75, 3.05) is 26.3 Å². The fraction of sp³-hybridized carbons (Fsp3) is 0.500. The highest BCUT2D eigenvalue weighted by Crippen LogP contribution is 2.38. The number of amides is 2. The summed E-state index contributed by atoms with van der Waals surface area (Å²) in [7, 11) is 0. The topological polar surface area (TPSA) is 95.9 Å². The Bertz CT molecular complexity index is 642. The summed E-state index contributed by atoms with van der Waals surface area (Å²) in [5, 5.41) is 11.8. The molecule has 1 saturated heterocycles. The number of benzene rings is 1. The number of nitrogens with one attached hydrogen (secondary N) is 1. The van der Waals surface area contributed by atoms with Crippen molar-refractivity contribution in [2.45, 2.75) is 18.9 Å². The van der Waals surface area contributed by atoms with Gasteiger partial charge in [0, 0.05) is 19.5 Å². The lowest BCUT2D eigenvalue weighted by Gasteiger charge is -2.31. The first-order valence-corrected chi connectivity index (χ1v) is 8.50. The summed E-state index contributed by atoms with van der Waals surface area (Å²) >= 11 is 0. The van der Waals surface area contributed by atoms with Crippen LogP contribution < -0.4 is 5.32 Å². The van der Waals surface area contributed by atoms with E-state index in [0.29, 0.717) is 39.1 Å². The number of rotatable bonds is 6. The number of carboxylic acid groups (broad SMARTS) is 1. The largest absolute Gasteiger partial charge is 0.481 e. The predicted octanol–water partition coefficient (Wildman–Crippen LogP) is 0.293. The zero-order valence-electron chi connectivity index (χ0n) is 13.9. The maximum atomic E-state index is 12.8. The monoisotopic (exact) mass is 346 g/mol. The van der Waals surface area contributed by atoms with Crippen LogP contribution in [-0.4, -0.2) is 60.1 Å². The summed E-state index contributed by atoms with van der Waals surface area (Å²) in [6.45, 7) is 1.98. The molecule has 3 rings (SSSR count). The van der Waals surface area contributed by atoms with Gasteiger partial charge in [0.1, 0.15) is 6.04 Å². The number of carbonyl (C=O) groups is 3. The number of hydrogen-bond acceptors (Lipinski definition) is 4. The van der Waals surface area contributed by atoms with Gasteiger partial charge in [0.05, 0.1) is 25.0 Å². The third-order valence-electron chi connectivity index (χ3n) is 4.66. The predicted molar refractivity (Wildman–Crippen MR) is 88.7 cm³/mol. The standard InChI is InChI=1S/C18H22N2O5/c21-16(13-11-14(13)18(23)24)19-15(10-12-4-2-1-3-5-12)17(22)20-6-8-25-9-7-20/h1-5,13-15H,6-11H2,(H,19,21)(H,23,24)/t13-,14-,15?/m1/s1. The van der Waals surface area contributed by atoms with Crippen molar-refractivity contribution in [2.24, 2.45) is 11.8 Å². The van der Waals surface area contributed by atoms with Crippen molar-refractivity contribution in [3.8, 4) is 0 Å². The number of hydrogen-bond donors (Lipinski definition) is 2. The molecule has 2 N–H and O–H groups in total. The molecule has 1 aliphatic heterocycles. The van der Waals surface area contributed by atoms with Crippen molar-refractivity contribution in [3.05, 3.63) is 35.9 Å². The second-order valence-corrected chi connectivity index (χ2v) is 6.48. The van der Waals surface area contributed by atoms with Gasteiger partial charge < -0.3 is 20.1 Å². The number of carbonyl (C=O) groups excluding carboxylic acids is 2. The Hall–Kier alpha value is -2.41. The molecule has 1 aliphatic carbocycles. The van der Waals surface area contributed by atoms with Gasteiger partial charge in [-0.15, -0.1) is 0 Å². The van der Waals surface area contributed by atoms with E-state index in [1.165, 1.54) is 0 Å². The van der Waals surface area contributed by atoms with Crippen LogP contribution in [0.3, 0.4) is 0 Å². The summed E-state index contributed by atoms with van der Waals surface area (Å²) in [6.07, 6.45) is 0.720. The Morgan fingerprint density at radius 1 is 1.16 bits per heavy atom. The van der Waals surface area contributed by atoms with Gasteiger partial charge in [-0.05, 0) is 12.0 Å². The van der Waals surface area contributed by atoms with E-state index in [9.17, 15) is 14.4 Å². The molecule has 1 aromatic carbocycles. The molecule has 1 aromatic rings. The molecule has 2 amide bonds. The second kappa shape index (κ2) is 7.65. The van der Waals surface area contributed by atoms with Crippen molar-refractivity contribution >= 4 is 17.8 Å². The van der Waals surface area contributed by atoms with Crippen LogP contribution in [0, 0.1) is 11.8 Å². The molecule has 0 spiro atoms. The van der Waals surface area contributed by atoms with E-state index in [-0.39, 0.29) is 11.8 Å². The highest BCUT2D eigenvalue weighted by atomic mass is 16.5.